The van der Waals surface area contributed by atoms with Gasteiger partial charge in [-0.05, 0) is 30.5 Å². The van der Waals surface area contributed by atoms with Crippen molar-refractivity contribution in [1.82, 2.24) is 15.5 Å². The molecule has 4 nitrogen and oxygen atoms in total. The zero-order valence-electron chi connectivity index (χ0n) is 16.4. The first-order chi connectivity index (χ1) is 13.9. The molecule has 0 saturated carbocycles. The van der Waals surface area contributed by atoms with Crippen molar-refractivity contribution >= 4 is 5.91 Å². The molecule has 0 aliphatic carbocycles. The smallest absolute Gasteiger partial charge is 0.355 e. The number of nitrogens with one attached hydrogen (secondary N) is 2. The lowest BCUT2D eigenvalue weighted by molar-refractivity contribution is -0.138. The van der Waals surface area contributed by atoms with Crippen LogP contribution in [0, 0.1) is 0 Å². The van der Waals surface area contributed by atoms with E-state index in [4.69, 9.17) is 0 Å². The van der Waals surface area contributed by atoms with E-state index < -0.39 is 11.7 Å². The minimum Gasteiger partial charge on any atom is -0.355 e. The summed E-state index contributed by atoms with van der Waals surface area (Å²) in [5.74, 6) is -0.0385. The summed E-state index contributed by atoms with van der Waals surface area (Å²) in [4.78, 5) is 14.6. The molecule has 1 heterocycles. The van der Waals surface area contributed by atoms with Crippen molar-refractivity contribution in [2.24, 2.45) is 0 Å². The molecule has 0 unspecified atom stereocenters. The molecule has 29 heavy (non-hydrogen) atoms. The molecule has 1 fully saturated rings. The molecule has 1 amide bonds. The molecule has 3 rings (SSSR count). The summed E-state index contributed by atoms with van der Waals surface area (Å²) < 4.78 is 39.7. The second kappa shape index (κ2) is 9.41. The fraction of sp³-hybridized carbons (Fsp3) is 0.409. The van der Waals surface area contributed by atoms with E-state index in [2.05, 4.69) is 15.5 Å². The number of rotatable bonds is 7. The Hall–Kier alpha value is -2.38. The lowest BCUT2D eigenvalue weighted by atomic mass is 10.1. The number of alkyl halides is 3. The van der Waals surface area contributed by atoms with Crippen LogP contribution >= 0.6 is 0 Å². The van der Waals surface area contributed by atoms with Crippen molar-refractivity contribution in [1.29, 1.82) is 0 Å². The molecule has 0 aromatic heterocycles. The molecule has 156 valence electrons. The zero-order chi connectivity index (χ0) is 20.9. The van der Waals surface area contributed by atoms with Gasteiger partial charge in [0.15, 0.2) is 0 Å². The zero-order valence-corrected chi connectivity index (χ0v) is 16.4. The van der Waals surface area contributed by atoms with Gasteiger partial charge in [0.2, 0.25) is 5.91 Å². The Morgan fingerprint density at radius 1 is 1.10 bits per heavy atom. The Morgan fingerprint density at radius 3 is 2.48 bits per heavy atom. The highest BCUT2D eigenvalue weighted by Gasteiger charge is 2.37. The molecule has 7 heteroatoms. The van der Waals surface area contributed by atoms with Gasteiger partial charge in [0.1, 0.15) is 0 Å². The molecular formula is C22H26F3N3O. The normalized spacial score (nSPS) is 20.0. The molecule has 1 aliphatic heterocycles. The Bertz CT molecular complexity index is 810. The number of halogens is 3. The van der Waals surface area contributed by atoms with Crippen molar-refractivity contribution in [2.75, 3.05) is 13.1 Å². The molecule has 0 spiro atoms. The maximum Gasteiger partial charge on any atom is 0.416 e. The first kappa shape index (κ1) is 21.3. The fourth-order valence-corrected chi connectivity index (χ4v) is 3.81. The molecule has 2 aromatic rings. The third-order valence-electron chi connectivity index (χ3n) is 5.19. The van der Waals surface area contributed by atoms with Crippen molar-refractivity contribution in [3.8, 4) is 0 Å². The highest BCUT2D eigenvalue weighted by Crippen LogP contribution is 2.32. The van der Waals surface area contributed by atoms with E-state index >= 15 is 0 Å². The van der Waals surface area contributed by atoms with Crippen LogP contribution in [-0.4, -0.2) is 36.0 Å². The number of amides is 1. The number of likely N-dealkylation sites (N-methyl/N-ethyl adjacent to an activating group) is 1. The molecule has 0 bridgehead atoms. The average molecular weight is 405 g/mol. The lowest BCUT2D eigenvalue weighted by Gasteiger charge is -2.23. The maximum absolute atomic E-state index is 13.2. The third kappa shape index (κ3) is 5.58. The highest BCUT2D eigenvalue weighted by molar-refractivity contribution is 5.82. The number of hydrogen-bond acceptors (Lipinski definition) is 3. The van der Waals surface area contributed by atoms with Gasteiger partial charge in [-0.3, -0.25) is 9.69 Å². The van der Waals surface area contributed by atoms with Crippen LogP contribution in [0.1, 0.15) is 30.0 Å². The second-order valence-electron chi connectivity index (χ2n) is 7.29. The predicted octanol–water partition coefficient (Wildman–Crippen LogP) is 3.57. The van der Waals surface area contributed by atoms with Crippen LogP contribution in [0.25, 0.3) is 0 Å². The van der Waals surface area contributed by atoms with Gasteiger partial charge in [0.05, 0.1) is 11.6 Å². The summed E-state index contributed by atoms with van der Waals surface area (Å²) in [7, 11) is 0. The quantitative estimate of drug-likeness (QED) is 0.740. The van der Waals surface area contributed by atoms with E-state index in [-0.39, 0.29) is 30.1 Å². The number of likely N-dealkylation sites (tertiary alicyclic amines) is 1. The number of nitrogens with zero attached hydrogens (tertiary/aromatic N) is 1. The van der Waals surface area contributed by atoms with Gasteiger partial charge in [0.25, 0.3) is 0 Å². The monoisotopic (exact) mass is 405 g/mol. The van der Waals surface area contributed by atoms with Crippen LogP contribution < -0.4 is 10.6 Å². The summed E-state index contributed by atoms with van der Waals surface area (Å²) in [6.45, 7) is 3.76. The predicted molar refractivity (Wildman–Crippen MR) is 106 cm³/mol. The van der Waals surface area contributed by atoms with E-state index in [1.165, 1.54) is 12.1 Å². The van der Waals surface area contributed by atoms with E-state index in [1.54, 1.807) is 6.07 Å². The van der Waals surface area contributed by atoms with Crippen LogP contribution in [0.5, 0.6) is 0 Å². The minimum atomic E-state index is -4.38. The van der Waals surface area contributed by atoms with Gasteiger partial charge in [-0.1, -0.05) is 48.5 Å². The molecular weight excluding hydrogens is 379 g/mol. The Labute approximate surface area is 169 Å². The number of hydrogen-bond donors (Lipinski definition) is 2. The molecule has 2 N–H and O–H groups in total. The third-order valence-corrected chi connectivity index (χ3v) is 5.19. The van der Waals surface area contributed by atoms with Crippen LogP contribution in [0.2, 0.25) is 0 Å². The molecule has 2 atom stereocenters. The SMILES string of the molecule is CCNC(=O)[C@@H]1C[C@@H](NCc2ccccc2C(F)(F)F)CN1Cc1ccccc1. The maximum atomic E-state index is 13.2. The largest absolute Gasteiger partial charge is 0.416 e. The van der Waals surface area contributed by atoms with E-state index in [0.717, 1.165) is 11.6 Å². The summed E-state index contributed by atoms with van der Waals surface area (Å²) in [6.07, 6.45) is -3.82. The molecule has 1 saturated heterocycles. The summed E-state index contributed by atoms with van der Waals surface area (Å²) in [5, 5.41) is 6.10. The van der Waals surface area contributed by atoms with E-state index in [9.17, 15) is 18.0 Å². The van der Waals surface area contributed by atoms with Crippen LogP contribution in [0.3, 0.4) is 0 Å². The molecule has 1 aliphatic rings. The van der Waals surface area contributed by atoms with Gasteiger partial charge in [-0.15, -0.1) is 0 Å². The van der Waals surface area contributed by atoms with Crippen molar-refractivity contribution in [2.45, 2.75) is 44.7 Å². The van der Waals surface area contributed by atoms with Gasteiger partial charge in [0, 0.05) is 32.2 Å². The van der Waals surface area contributed by atoms with E-state index in [0.29, 0.717) is 26.1 Å². The van der Waals surface area contributed by atoms with Crippen LogP contribution in [0.15, 0.2) is 54.6 Å². The van der Waals surface area contributed by atoms with Crippen molar-refractivity contribution < 1.29 is 18.0 Å². The first-order valence-corrected chi connectivity index (χ1v) is 9.82. The summed E-state index contributed by atoms with van der Waals surface area (Å²) in [6, 6.07) is 15.1. The Balaban J connectivity index is 1.68. The van der Waals surface area contributed by atoms with Crippen molar-refractivity contribution in [3.63, 3.8) is 0 Å². The van der Waals surface area contributed by atoms with Crippen LogP contribution in [0.4, 0.5) is 13.2 Å². The van der Waals surface area contributed by atoms with Gasteiger partial charge in [-0.25, -0.2) is 0 Å². The molecule has 2 aromatic carbocycles. The number of carbonyl (C=O) groups excluding carboxylic acids is 1. The van der Waals surface area contributed by atoms with Crippen LogP contribution in [-0.2, 0) is 24.1 Å². The van der Waals surface area contributed by atoms with Gasteiger partial charge < -0.3 is 10.6 Å². The minimum absolute atomic E-state index is 0.0385. The van der Waals surface area contributed by atoms with Gasteiger partial charge in [-0.2, -0.15) is 13.2 Å². The average Bonchev–Trinajstić information content (AvgIpc) is 3.10. The standard InChI is InChI=1S/C22H26F3N3O/c1-2-26-21(29)20-12-18(15-28(20)14-16-8-4-3-5-9-16)27-13-17-10-6-7-11-19(17)22(23,24)25/h3-11,18,20,27H,2,12-15H2,1H3,(H,26,29)/t18-,20+/m1/s1. The molecule has 0 radical (unpaired) electrons. The van der Waals surface area contributed by atoms with E-state index in [1.807, 2.05) is 37.3 Å². The number of carbonyl (C=O) groups is 1. The number of benzene rings is 2. The summed E-state index contributed by atoms with van der Waals surface area (Å²) >= 11 is 0. The van der Waals surface area contributed by atoms with Gasteiger partial charge >= 0.3 is 6.18 Å². The lowest BCUT2D eigenvalue weighted by Crippen LogP contribution is -2.42. The first-order valence-electron chi connectivity index (χ1n) is 9.82. The van der Waals surface area contributed by atoms with Crippen molar-refractivity contribution in [3.05, 3.63) is 71.3 Å². The highest BCUT2D eigenvalue weighted by atomic mass is 19.4. The second-order valence-corrected chi connectivity index (χ2v) is 7.29. The topological polar surface area (TPSA) is 44.4 Å². The Morgan fingerprint density at radius 2 is 1.79 bits per heavy atom. The fourth-order valence-electron chi connectivity index (χ4n) is 3.81. The summed E-state index contributed by atoms with van der Waals surface area (Å²) in [5.41, 5.74) is 0.702. The Kier molecular flexibility index (Phi) is 6.92.